The lowest BCUT2D eigenvalue weighted by Crippen LogP contribution is -2.37. The highest BCUT2D eigenvalue weighted by Crippen LogP contribution is 2.20. The van der Waals surface area contributed by atoms with Gasteiger partial charge in [0.05, 0.1) is 19.9 Å². The van der Waals surface area contributed by atoms with Crippen LogP contribution in [0.1, 0.15) is 22.3 Å². The number of aromatic nitrogens is 4. The molecule has 0 saturated heterocycles. The van der Waals surface area contributed by atoms with E-state index in [2.05, 4.69) is 21.6 Å². The molecule has 170 valence electrons. The fourth-order valence-electron chi connectivity index (χ4n) is 3.68. The minimum absolute atomic E-state index is 0.301. The van der Waals surface area contributed by atoms with E-state index in [0.29, 0.717) is 23.7 Å². The third-order valence-electron chi connectivity index (χ3n) is 5.68. The van der Waals surface area contributed by atoms with Gasteiger partial charge in [-0.25, -0.2) is 10.2 Å². The maximum atomic E-state index is 13.0. The third-order valence-corrected chi connectivity index (χ3v) is 5.68. The highest BCUT2D eigenvalue weighted by atomic mass is 16.5. The van der Waals surface area contributed by atoms with Crippen molar-refractivity contribution in [1.82, 2.24) is 18.7 Å². The number of rotatable bonds is 6. The van der Waals surface area contributed by atoms with Crippen LogP contribution in [0.2, 0.25) is 0 Å². The maximum absolute atomic E-state index is 13.0. The van der Waals surface area contributed by atoms with Crippen molar-refractivity contribution in [2.45, 2.75) is 20.4 Å². The average molecular weight is 447 g/mol. The van der Waals surface area contributed by atoms with E-state index < -0.39 is 11.2 Å². The fraction of sp³-hybridized carbons (Fsp3) is 0.250. The van der Waals surface area contributed by atoms with Gasteiger partial charge in [0, 0.05) is 14.1 Å². The van der Waals surface area contributed by atoms with E-state index >= 15 is 0 Å². The van der Waals surface area contributed by atoms with Crippen molar-refractivity contribution < 1.29 is 4.74 Å². The number of hydrazone groups is 1. The molecular weight excluding hydrogens is 420 g/mol. The monoisotopic (exact) mass is 446 g/mol. The minimum atomic E-state index is -0.433. The molecule has 0 aliphatic heterocycles. The predicted molar refractivity (Wildman–Crippen MR) is 129 cm³/mol. The first-order chi connectivity index (χ1) is 15.8. The first-order valence-electron chi connectivity index (χ1n) is 10.5. The van der Waals surface area contributed by atoms with Gasteiger partial charge in [0.25, 0.3) is 5.56 Å². The van der Waals surface area contributed by atoms with Crippen molar-refractivity contribution in [1.29, 1.82) is 0 Å². The number of benzene rings is 2. The van der Waals surface area contributed by atoms with Gasteiger partial charge in [-0.1, -0.05) is 23.8 Å². The van der Waals surface area contributed by atoms with Gasteiger partial charge >= 0.3 is 5.69 Å². The number of hydrogen-bond donors (Lipinski definition) is 1. The van der Waals surface area contributed by atoms with Crippen LogP contribution in [0.3, 0.4) is 0 Å². The number of imidazole rings is 1. The lowest BCUT2D eigenvalue weighted by Gasteiger charge is -2.12. The van der Waals surface area contributed by atoms with Crippen LogP contribution < -0.4 is 21.4 Å². The quantitative estimate of drug-likeness (QED) is 0.363. The molecule has 0 aliphatic carbocycles. The summed E-state index contributed by atoms with van der Waals surface area (Å²) in [5.74, 6) is 1.13. The Labute approximate surface area is 190 Å². The Balaban J connectivity index is 1.81. The second-order valence-corrected chi connectivity index (χ2v) is 7.97. The molecule has 0 bridgehead atoms. The van der Waals surface area contributed by atoms with Crippen LogP contribution in [-0.4, -0.2) is 32.0 Å². The minimum Gasteiger partial charge on any atom is -0.497 e. The van der Waals surface area contributed by atoms with Crippen molar-refractivity contribution >= 4 is 23.3 Å². The number of anilines is 1. The van der Waals surface area contributed by atoms with Crippen LogP contribution >= 0.6 is 0 Å². The van der Waals surface area contributed by atoms with Crippen molar-refractivity contribution in [3.8, 4) is 5.75 Å². The summed E-state index contributed by atoms with van der Waals surface area (Å²) < 4.78 is 9.40. The Kier molecular flexibility index (Phi) is 5.87. The molecule has 2 aromatic heterocycles. The van der Waals surface area contributed by atoms with Crippen molar-refractivity contribution in [3.05, 3.63) is 85.6 Å². The van der Waals surface area contributed by atoms with Crippen molar-refractivity contribution in [3.63, 3.8) is 0 Å². The molecule has 0 spiro atoms. The molecule has 4 rings (SSSR count). The second kappa shape index (κ2) is 8.78. The van der Waals surface area contributed by atoms with Gasteiger partial charge in [-0.05, 0) is 54.8 Å². The molecule has 9 nitrogen and oxygen atoms in total. The van der Waals surface area contributed by atoms with Crippen LogP contribution in [0.25, 0.3) is 11.2 Å². The smallest absolute Gasteiger partial charge is 0.332 e. The first-order valence-corrected chi connectivity index (χ1v) is 10.5. The molecule has 0 aliphatic rings. The number of nitrogens with one attached hydrogen (secondary N) is 1. The van der Waals surface area contributed by atoms with E-state index in [1.807, 2.05) is 50.2 Å². The zero-order chi connectivity index (χ0) is 23.7. The molecule has 2 aromatic carbocycles. The predicted octanol–water partition coefficient (Wildman–Crippen LogP) is 2.55. The summed E-state index contributed by atoms with van der Waals surface area (Å²) in [6.07, 6.45) is 1.65. The van der Waals surface area contributed by atoms with Crippen LogP contribution in [0.4, 0.5) is 5.95 Å². The average Bonchev–Trinajstić information content (AvgIpc) is 3.17. The number of hydrogen-bond acceptors (Lipinski definition) is 6. The summed E-state index contributed by atoms with van der Waals surface area (Å²) in [6.45, 7) is 4.45. The summed E-state index contributed by atoms with van der Waals surface area (Å²) in [5, 5.41) is 4.31. The molecule has 9 heteroatoms. The molecule has 0 unspecified atom stereocenters. The maximum Gasteiger partial charge on any atom is 0.332 e. The number of aryl methyl sites for hydroxylation is 3. The lowest BCUT2D eigenvalue weighted by atomic mass is 10.1. The number of nitrogens with zero attached hydrogens (tertiary/aromatic N) is 5. The molecule has 1 N–H and O–H groups in total. The van der Waals surface area contributed by atoms with E-state index in [1.165, 1.54) is 11.6 Å². The summed E-state index contributed by atoms with van der Waals surface area (Å²) in [7, 11) is 4.68. The number of methoxy groups -OCH3 is 1. The molecule has 4 aromatic rings. The molecule has 0 amide bonds. The lowest BCUT2D eigenvalue weighted by molar-refractivity contribution is 0.415. The Morgan fingerprint density at radius 2 is 1.79 bits per heavy atom. The van der Waals surface area contributed by atoms with Gasteiger partial charge in [-0.2, -0.15) is 10.1 Å². The summed E-state index contributed by atoms with van der Waals surface area (Å²) in [4.78, 5) is 30.0. The van der Waals surface area contributed by atoms with Gasteiger partial charge in [0.2, 0.25) is 5.95 Å². The molecule has 0 saturated carbocycles. The van der Waals surface area contributed by atoms with Crippen LogP contribution in [0.5, 0.6) is 5.75 Å². The fourth-order valence-corrected chi connectivity index (χ4v) is 3.68. The molecule has 2 heterocycles. The molecular formula is C24H26N6O3. The van der Waals surface area contributed by atoms with Crippen molar-refractivity contribution in [2.75, 3.05) is 12.5 Å². The van der Waals surface area contributed by atoms with E-state index in [9.17, 15) is 9.59 Å². The summed E-state index contributed by atoms with van der Waals surface area (Å²) in [6, 6.07) is 13.6. The molecule has 0 fully saturated rings. The zero-order valence-corrected chi connectivity index (χ0v) is 19.3. The van der Waals surface area contributed by atoms with Gasteiger partial charge in [-0.15, -0.1) is 0 Å². The number of ether oxygens (including phenoxy) is 1. The van der Waals surface area contributed by atoms with E-state index in [4.69, 9.17) is 4.74 Å². The Hall–Kier alpha value is -4.14. The second-order valence-electron chi connectivity index (χ2n) is 7.97. The largest absolute Gasteiger partial charge is 0.497 e. The van der Waals surface area contributed by atoms with Crippen LogP contribution in [0.15, 0.2) is 57.2 Å². The molecule has 0 radical (unpaired) electrons. The van der Waals surface area contributed by atoms with E-state index in [0.717, 1.165) is 32.6 Å². The van der Waals surface area contributed by atoms with Gasteiger partial charge < -0.3 is 4.74 Å². The first kappa shape index (κ1) is 22.1. The molecule has 33 heavy (non-hydrogen) atoms. The summed E-state index contributed by atoms with van der Waals surface area (Å²) in [5.41, 5.74) is 6.88. The van der Waals surface area contributed by atoms with E-state index in [-0.39, 0.29) is 0 Å². The normalized spacial score (nSPS) is 11.4. The Morgan fingerprint density at radius 1 is 1.06 bits per heavy atom. The van der Waals surface area contributed by atoms with Gasteiger partial charge in [0.15, 0.2) is 11.2 Å². The SMILES string of the molecule is COc1ccc(C=NNc2nc3c(c(=O)n(C)c(=O)n3C)n2Cc2cc(C)ccc2C)cc1. The van der Waals surface area contributed by atoms with Crippen LogP contribution in [0, 0.1) is 13.8 Å². The number of fused-ring (bicyclic) bond motifs is 1. The standard InChI is InChI=1S/C24H26N6O3/c1-15-6-7-16(2)18(12-15)14-30-20-21(28(3)24(32)29(4)22(20)31)26-23(30)27-25-13-17-8-10-19(33-5)11-9-17/h6-13H,14H2,1-5H3,(H,26,27). The topological polar surface area (TPSA) is 95.4 Å². The van der Waals surface area contributed by atoms with Gasteiger partial charge in [-0.3, -0.25) is 18.5 Å². The van der Waals surface area contributed by atoms with Gasteiger partial charge in [0.1, 0.15) is 5.75 Å². The van der Waals surface area contributed by atoms with Crippen molar-refractivity contribution in [2.24, 2.45) is 19.2 Å². The zero-order valence-electron chi connectivity index (χ0n) is 19.3. The highest BCUT2D eigenvalue weighted by Gasteiger charge is 2.19. The van der Waals surface area contributed by atoms with Crippen LogP contribution in [-0.2, 0) is 20.6 Å². The summed E-state index contributed by atoms with van der Waals surface area (Å²) >= 11 is 0. The molecule has 0 atom stereocenters. The Bertz CT molecular complexity index is 1480. The Morgan fingerprint density at radius 3 is 2.48 bits per heavy atom. The van der Waals surface area contributed by atoms with E-state index in [1.54, 1.807) is 24.9 Å². The highest BCUT2D eigenvalue weighted by molar-refractivity contribution is 5.80. The third kappa shape index (κ3) is 4.17.